The Hall–Kier alpha value is -1.68. The van der Waals surface area contributed by atoms with E-state index < -0.39 is 0 Å². The van der Waals surface area contributed by atoms with Crippen molar-refractivity contribution in [3.63, 3.8) is 0 Å². The smallest absolute Gasteiger partial charge is 0.187 e. The minimum Gasteiger partial charge on any atom is -0.293 e. The fraction of sp³-hybridized carbons (Fsp3) is 0.214. The number of carbonyl (C=O) groups excluding carboxylic acids is 1. The van der Waals surface area contributed by atoms with E-state index in [0.717, 1.165) is 16.7 Å². The molecule has 0 unspecified atom stereocenters. The van der Waals surface area contributed by atoms with Gasteiger partial charge < -0.3 is 0 Å². The summed E-state index contributed by atoms with van der Waals surface area (Å²) in [5.41, 5.74) is 2.91. The van der Waals surface area contributed by atoms with Gasteiger partial charge in [-0.15, -0.1) is 0 Å². The number of ketones is 1. The van der Waals surface area contributed by atoms with Crippen LogP contribution >= 0.6 is 11.8 Å². The maximum atomic E-state index is 12.1. The van der Waals surface area contributed by atoms with Gasteiger partial charge in [0.25, 0.3) is 0 Å². The molecule has 92 valence electrons. The number of nitrogens with zero attached hydrogens (tertiary/aromatic N) is 2. The SMILES string of the molecule is Cc1ccc(C)c(C(=O)CSc2ncccn2)c1. The Morgan fingerprint density at radius 3 is 2.67 bits per heavy atom. The molecule has 0 aliphatic carbocycles. The molecule has 1 aromatic carbocycles. The molecule has 0 fully saturated rings. The lowest BCUT2D eigenvalue weighted by molar-refractivity contribution is 0.102. The molecule has 2 aromatic rings. The van der Waals surface area contributed by atoms with Gasteiger partial charge >= 0.3 is 0 Å². The predicted molar refractivity (Wildman–Crippen MR) is 73.0 cm³/mol. The number of aromatic nitrogens is 2. The summed E-state index contributed by atoms with van der Waals surface area (Å²) in [5, 5.41) is 0.635. The molecule has 0 aliphatic heterocycles. The van der Waals surface area contributed by atoms with Gasteiger partial charge in [-0.1, -0.05) is 29.5 Å². The van der Waals surface area contributed by atoms with E-state index in [2.05, 4.69) is 9.97 Å². The van der Waals surface area contributed by atoms with Crippen molar-refractivity contribution in [2.45, 2.75) is 19.0 Å². The molecular formula is C14H14N2OS. The third-order valence-corrected chi connectivity index (χ3v) is 3.44. The van der Waals surface area contributed by atoms with Gasteiger partial charge in [-0.25, -0.2) is 9.97 Å². The first-order chi connectivity index (χ1) is 8.66. The number of carbonyl (C=O) groups is 1. The second kappa shape index (κ2) is 5.78. The number of thioether (sulfide) groups is 1. The van der Waals surface area contributed by atoms with Crippen LogP contribution in [0.25, 0.3) is 0 Å². The maximum Gasteiger partial charge on any atom is 0.187 e. The van der Waals surface area contributed by atoms with Gasteiger partial charge in [-0.3, -0.25) is 4.79 Å². The number of hydrogen-bond donors (Lipinski definition) is 0. The molecule has 0 bridgehead atoms. The summed E-state index contributed by atoms with van der Waals surface area (Å²) < 4.78 is 0. The minimum atomic E-state index is 0.119. The van der Waals surface area contributed by atoms with Gasteiger partial charge in [0.05, 0.1) is 5.75 Å². The molecule has 3 nitrogen and oxygen atoms in total. The van der Waals surface area contributed by atoms with E-state index in [4.69, 9.17) is 0 Å². The lowest BCUT2D eigenvalue weighted by Crippen LogP contribution is -2.05. The van der Waals surface area contributed by atoms with Gasteiger partial charge in [0, 0.05) is 18.0 Å². The van der Waals surface area contributed by atoms with E-state index >= 15 is 0 Å². The van der Waals surface area contributed by atoms with Crippen LogP contribution in [0.5, 0.6) is 0 Å². The molecule has 0 aliphatic rings. The fourth-order valence-corrected chi connectivity index (χ4v) is 2.29. The Morgan fingerprint density at radius 1 is 1.22 bits per heavy atom. The molecule has 0 saturated carbocycles. The van der Waals surface area contributed by atoms with Crippen LogP contribution in [-0.4, -0.2) is 21.5 Å². The first kappa shape index (κ1) is 12.8. The van der Waals surface area contributed by atoms with Crippen LogP contribution in [0, 0.1) is 13.8 Å². The van der Waals surface area contributed by atoms with Crippen LogP contribution < -0.4 is 0 Å². The molecule has 0 saturated heterocycles. The van der Waals surface area contributed by atoms with Crippen molar-refractivity contribution < 1.29 is 4.79 Å². The van der Waals surface area contributed by atoms with Crippen molar-refractivity contribution in [3.8, 4) is 0 Å². The first-order valence-corrected chi connectivity index (χ1v) is 6.65. The van der Waals surface area contributed by atoms with Gasteiger partial charge in [0.15, 0.2) is 10.9 Å². The number of Topliss-reactive ketones (excluding diaryl/α,β-unsaturated/α-hetero) is 1. The van der Waals surface area contributed by atoms with Crippen molar-refractivity contribution in [3.05, 3.63) is 53.3 Å². The van der Waals surface area contributed by atoms with Crippen LogP contribution in [0.15, 0.2) is 41.8 Å². The Balaban J connectivity index is 2.06. The van der Waals surface area contributed by atoms with E-state index in [1.54, 1.807) is 18.5 Å². The van der Waals surface area contributed by atoms with Gasteiger partial charge in [-0.05, 0) is 31.5 Å². The summed E-state index contributed by atoms with van der Waals surface area (Å²) in [6.07, 6.45) is 3.36. The van der Waals surface area contributed by atoms with Crippen molar-refractivity contribution in [2.24, 2.45) is 0 Å². The second-order valence-corrected chi connectivity index (χ2v) is 5.00. The van der Waals surface area contributed by atoms with Gasteiger partial charge in [0.1, 0.15) is 0 Å². The average Bonchev–Trinajstić information content (AvgIpc) is 2.40. The number of aryl methyl sites for hydroxylation is 2. The van der Waals surface area contributed by atoms with E-state index in [9.17, 15) is 4.79 Å². The molecule has 1 heterocycles. The monoisotopic (exact) mass is 258 g/mol. The van der Waals surface area contributed by atoms with Crippen molar-refractivity contribution in [1.82, 2.24) is 9.97 Å². The lowest BCUT2D eigenvalue weighted by Gasteiger charge is -2.05. The van der Waals surface area contributed by atoms with Crippen LogP contribution in [0.4, 0.5) is 0 Å². The number of rotatable bonds is 4. The van der Waals surface area contributed by atoms with E-state index in [-0.39, 0.29) is 5.78 Å². The largest absolute Gasteiger partial charge is 0.293 e. The molecular weight excluding hydrogens is 244 g/mol. The Kier molecular flexibility index (Phi) is 4.10. The average molecular weight is 258 g/mol. The Labute approximate surface area is 111 Å². The van der Waals surface area contributed by atoms with Crippen LogP contribution in [0.1, 0.15) is 21.5 Å². The summed E-state index contributed by atoms with van der Waals surface area (Å²) in [4.78, 5) is 20.3. The molecule has 0 N–H and O–H groups in total. The summed E-state index contributed by atoms with van der Waals surface area (Å²) in [7, 11) is 0. The third kappa shape index (κ3) is 3.17. The normalized spacial score (nSPS) is 10.3. The fourth-order valence-electron chi connectivity index (χ4n) is 1.60. The lowest BCUT2D eigenvalue weighted by atomic mass is 10.0. The zero-order valence-corrected chi connectivity index (χ0v) is 11.2. The van der Waals surface area contributed by atoms with E-state index in [1.807, 2.05) is 32.0 Å². The highest BCUT2D eigenvalue weighted by Gasteiger charge is 2.10. The topological polar surface area (TPSA) is 42.9 Å². The summed E-state index contributed by atoms with van der Waals surface area (Å²) >= 11 is 1.37. The molecule has 0 amide bonds. The number of hydrogen-bond acceptors (Lipinski definition) is 4. The highest BCUT2D eigenvalue weighted by molar-refractivity contribution is 7.99. The quantitative estimate of drug-likeness (QED) is 0.480. The van der Waals surface area contributed by atoms with Crippen molar-refractivity contribution >= 4 is 17.5 Å². The van der Waals surface area contributed by atoms with Crippen LogP contribution in [-0.2, 0) is 0 Å². The summed E-state index contributed by atoms with van der Waals surface area (Å²) in [6, 6.07) is 7.69. The first-order valence-electron chi connectivity index (χ1n) is 5.67. The van der Waals surface area contributed by atoms with Crippen molar-refractivity contribution in [1.29, 1.82) is 0 Å². The minimum absolute atomic E-state index is 0.119. The highest BCUT2D eigenvalue weighted by atomic mass is 32.2. The Morgan fingerprint density at radius 2 is 1.94 bits per heavy atom. The van der Waals surface area contributed by atoms with Crippen LogP contribution in [0.2, 0.25) is 0 Å². The summed E-state index contributed by atoms with van der Waals surface area (Å²) in [5.74, 6) is 0.488. The molecule has 0 spiro atoms. The highest BCUT2D eigenvalue weighted by Crippen LogP contribution is 2.17. The number of benzene rings is 1. The zero-order valence-electron chi connectivity index (χ0n) is 10.4. The second-order valence-electron chi connectivity index (χ2n) is 4.06. The van der Waals surface area contributed by atoms with E-state index in [1.165, 1.54) is 11.8 Å². The zero-order chi connectivity index (χ0) is 13.0. The molecule has 0 atom stereocenters. The predicted octanol–water partition coefficient (Wildman–Crippen LogP) is 3.07. The van der Waals surface area contributed by atoms with Crippen LogP contribution in [0.3, 0.4) is 0 Å². The summed E-state index contributed by atoms with van der Waals surface area (Å²) in [6.45, 7) is 3.94. The molecule has 18 heavy (non-hydrogen) atoms. The molecule has 2 rings (SSSR count). The maximum absolute atomic E-state index is 12.1. The molecule has 0 radical (unpaired) electrons. The molecule has 1 aromatic heterocycles. The Bertz CT molecular complexity index is 555. The molecule has 4 heteroatoms. The van der Waals surface area contributed by atoms with Crippen molar-refractivity contribution in [2.75, 3.05) is 5.75 Å². The van der Waals surface area contributed by atoms with Gasteiger partial charge in [0.2, 0.25) is 0 Å². The standard InChI is InChI=1S/C14H14N2OS/c1-10-4-5-11(2)12(8-10)13(17)9-18-14-15-6-3-7-16-14/h3-8H,9H2,1-2H3. The third-order valence-electron chi connectivity index (χ3n) is 2.57. The van der Waals surface area contributed by atoms with Gasteiger partial charge in [-0.2, -0.15) is 0 Å². The van der Waals surface area contributed by atoms with E-state index in [0.29, 0.717) is 10.9 Å².